The quantitative estimate of drug-likeness (QED) is 0.737. The standard InChI is InChI=1S/C20H22F2N4O/c1-13-12-17(19(27)23-11-10-14-6-3-2-4-7-14)25-20(24-13)26-18-15(21)8-5-9-16(18)22/h5-6,8-9,12H,2-4,7,10-11H2,1H3,(H,23,27)(H,24,25,26). The zero-order valence-corrected chi connectivity index (χ0v) is 15.2. The summed E-state index contributed by atoms with van der Waals surface area (Å²) < 4.78 is 27.6. The van der Waals surface area contributed by atoms with Gasteiger partial charge in [0.1, 0.15) is 23.0 Å². The maximum Gasteiger partial charge on any atom is 0.270 e. The van der Waals surface area contributed by atoms with E-state index in [4.69, 9.17) is 0 Å². The molecule has 7 heteroatoms. The van der Waals surface area contributed by atoms with Crippen molar-refractivity contribution in [3.63, 3.8) is 0 Å². The van der Waals surface area contributed by atoms with Crippen molar-refractivity contribution in [2.24, 2.45) is 0 Å². The number of anilines is 2. The van der Waals surface area contributed by atoms with Crippen molar-refractivity contribution in [3.8, 4) is 0 Å². The molecule has 0 spiro atoms. The highest BCUT2D eigenvalue weighted by molar-refractivity contribution is 5.92. The van der Waals surface area contributed by atoms with Crippen LogP contribution in [0.3, 0.4) is 0 Å². The van der Waals surface area contributed by atoms with E-state index in [0.29, 0.717) is 12.2 Å². The number of hydrogen-bond donors (Lipinski definition) is 2. The number of amides is 1. The summed E-state index contributed by atoms with van der Waals surface area (Å²) in [7, 11) is 0. The van der Waals surface area contributed by atoms with Crippen LogP contribution in [-0.4, -0.2) is 22.4 Å². The van der Waals surface area contributed by atoms with Gasteiger partial charge in [-0.3, -0.25) is 4.79 Å². The lowest BCUT2D eigenvalue weighted by Crippen LogP contribution is -2.26. The van der Waals surface area contributed by atoms with Gasteiger partial charge in [-0.2, -0.15) is 0 Å². The Bertz CT molecular complexity index is 847. The Morgan fingerprint density at radius 3 is 2.67 bits per heavy atom. The van der Waals surface area contributed by atoms with Gasteiger partial charge in [-0.15, -0.1) is 0 Å². The molecule has 0 bridgehead atoms. The minimum absolute atomic E-state index is 0.0286. The Kier molecular flexibility index (Phi) is 6.11. The van der Waals surface area contributed by atoms with Gasteiger partial charge in [-0.25, -0.2) is 18.7 Å². The number of benzene rings is 1. The average Bonchev–Trinajstić information content (AvgIpc) is 2.65. The van der Waals surface area contributed by atoms with Gasteiger partial charge >= 0.3 is 0 Å². The highest BCUT2D eigenvalue weighted by atomic mass is 19.1. The van der Waals surface area contributed by atoms with E-state index in [9.17, 15) is 13.6 Å². The Labute approximate surface area is 156 Å². The maximum absolute atomic E-state index is 13.8. The molecule has 2 N–H and O–H groups in total. The van der Waals surface area contributed by atoms with Crippen molar-refractivity contribution in [1.29, 1.82) is 0 Å². The highest BCUT2D eigenvalue weighted by Crippen LogP contribution is 2.22. The normalized spacial score (nSPS) is 13.8. The molecule has 0 saturated carbocycles. The third-order valence-electron chi connectivity index (χ3n) is 4.40. The van der Waals surface area contributed by atoms with Crippen molar-refractivity contribution in [2.45, 2.75) is 39.0 Å². The van der Waals surface area contributed by atoms with Gasteiger partial charge in [-0.1, -0.05) is 17.7 Å². The second-order valence-corrected chi connectivity index (χ2v) is 6.55. The molecule has 1 aromatic heterocycles. The van der Waals surface area contributed by atoms with Crippen LogP contribution in [-0.2, 0) is 0 Å². The van der Waals surface area contributed by atoms with E-state index in [-0.39, 0.29) is 23.2 Å². The minimum atomic E-state index is -0.758. The predicted molar refractivity (Wildman–Crippen MR) is 99.9 cm³/mol. The first-order valence-corrected chi connectivity index (χ1v) is 9.06. The fraction of sp³-hybridized carbons (Fsp3) is 0.350. The molecule has 2 aromatic rings. The lowest BCUT2D eigenvalue weighted by atomic mass is 9.97. The van der Waals surface area contributed by atoms with Crippen LogP contribution in [0.5, 0.6) is 0 Å². The van der Waals surface area contributed by atoms with E-state index in [0.717, 1.165) is 31.4 Å². The van der Waals surface area contributed by atoms with Gasteiger partial charge in [0.25, 0.3) is 5.91 Å². The number of carbonyl (C=O) groups excluding carboxylic acids is 1. The Morgan fingerprint density at radius 1 is 1.19 bits per heavy atom. The number of carbonyl (C=O) groups is 1. The van der Waals surface area contributed by atoms with Crippen LogP contribution >= 0.6 is 0 Å². The molecule has 5 nitrogen and oxygen atoms in total. The fourth-order valence-corrected chi connectivity index (χ4v) is 3.03. The molecule has 0 fully saturated rings. The summed E-state index contributed by atoms with van der Waals surface area (Å²) in [6.45, 7) is 2.21. The lowest BCUT2D eigenvalue weighted by Gasteiger charge is -2.13. The molecule has 3 rings (SSSR count). The molecular weight excluding hydrogens is 350 g/mol. The Hall–Kier alpha value is -2.83. The molecule has 0 aliphatic heterocycles. The molecule has 1 aliphatic rings. The van der Waals surface area contributed by atoms with E-state index in [1.807, 2.05) is 0 Å². The molecule has 0 saturated heterocycles. The SMILES string of the molecule is Cc1cc(C(=O)NCCC2=CCCCC2)nc(Nc2c(F)cccc2F)n1. The summed E-state index contributed by atoms with van der Waals surface area (Å²) in [6, 6.07) is 5.08. The Morgan fingerprint density at radius 2 is 1.96 bits per heavy atom. The van der Waals surface area contributed by atoms with Crippen molar-refractivity contribution in [3.05, 3.63) is 58.9 Å². The van der Waals surface area contributed by atoms with Gasteiger partial charge in [-0.05, 0) is 57.2 Å². The third kappa shape index (κ3) is 5.09. The first-order valence-electron chi connectivity index (χ1n) is 9.06. The molecule has 142 valence electrons. The molecule has 1 aromatic carbocycles. The van der Waals surface area contributed by atoms with E-state index < -0.39 is 11.6 Å². The van der Waals surface area contributed by atoms with Crippen LogP contribution in [0.2, 0.25) is 0 Å². The molecule has 1 heterocycles. The van der Waals surface area contributed by atoms with Crippen LogP contribution in [0.4, 0.5) is 20.4 Å². The van der Waals surface area contributed by atoms with E-state index in [2.05, 4.69) is 26.7 Å². The molecule has 1 amide bonds. The van der Waals surface area contributed by atoms with Crippen LogP contribution in [0.25, 0.3) is 0 Å². The second-order valence-electron chi connectivity index (χ2n) is 6.55. The predicted octanol–water partition coefficient (Wildman–Crippen LogP) is 4.43. The number of aromatic nitrogens is 2. The average molecular weight is 372 g/mol. The summed E-state index contributed by atoms with van der Waals surface area (Å²) in [6.07, 6.45) is 7.69. The first kappa shape index (κ1) is 18.9. The number of hydrogen-bond acceptors (Lipinski definition) is 4. The largest absolute Gasteiger partial charge is 0.350 e. The van der Waals surface area contributed by atoms with Gasteiger partial charge in [0.05, 0.1) is 0 Å². The van der Waals surface area contributed by atoms with Crippen LogP contribution in [0.1, 0.15) is 48.3 Å². The summed E-state index contributed by atoms with van der Waals surface area (Å²) in [4.78, 5) is 20.6. The first-order chi connectivity index (χ1) is 13.0. The Balaban J connectivity index is 1.67. The van der Waals surface area contributed by atoms with E-state index in [1.54, 1.807) is 6.92 Å². The minimum Gasteiger partial charge on any atom is -0.350 e. The van der Waals surface area contributed by atoms with Crippen LogP contribution < -0.4 is 10.6 Å². The number of nitrogens with one attached hydrogen (secondary N) is 2. The fourth-order valence-electron chi connectivity index (χ4n) is 3.03. The van der Waals surface area contributed by atoms with Gasteiger partial charge in [0, 0.05) is 12.2 Å². The van der Waals surface area contributed by atoms with E-state index >= 15 is 0 Å². The van der Waals surface area contributed by atoms with Crippen molar-refractivity contribution in [2.75, 3.05) is 11.9 Å². The van der Waals surface area contributed by atoms with Gasteiger partial charge in [0.15, 0.2) is 0 Å². The van der Waals surface area contributed by atoms with Crippen molar-refractivity contribution in [1.82, 2.24) is 15.3 Å². The third-order valence-corrected chi connectivity index (χ3v) is 4.40. The smallest absolute Gasteiger partial charge is 0.270 e. The molecular formula is C20H22F2N4O. The summed E-state index contributed by atoms with van der Waals surface area (Å²) in [5, 5.41) is 5.36. The summed E-state index contributed by atoms with van der Waals surface area (Å²) in [5.41, 5.74) is 1.69. The zero-order chi connectivity index (χ0) is 19.2. The van der Waals surface area contributed by atoms with E-state index in [1.165, 1.54) is 30.5 Å². The summed E-state index contributed by atoms with van der Waals surface area (Å²) >= 11 is 0. The van der Waals surface area contributed by atoms with Crippen LogP contribution in [0.15, 0.2) is 35.9 Å². The number of nitrogens with zero attached hydrogens (tertiary/aromatic N) is 2. The molecule has 27 heavy (non-hydrogen) atoms. The molecule has 0 unspecified atom stereocenters. The number of halogens is 2. The topological polar surface area (TPSA) is 66.9 Å². The van der Waals surface area contributed by atoms with Crippen molar-refractivity contribution < 1.29 is 13.6 Å². The number of rotatable bonds is 6. The van der Waals surface area contributed by atoms with Crippen LogP contribution in [0, 0.1) is 18.6 Å². The highest BCUT2D eigenvalue weighted by Gasteiger charge is 2.14. The maximum atomic E-state index is 13.8. The molecule has 0 radical (unpaired) electrons. The molecule has 0 atom stereocenters. The monoisotopic (exact) mass is 372 g/mol. The molecule has 1 aliphatic carbocycles. The summed E-state index contributed by atoms with van der Waals surface area (Å²) in [5.74, 6) is -1.88. The zero-order valence-electron chi connectivity index (χ0n) is 15.2. The van der Waals surface area contributed by atoms with Crippen molar-refractivity contribution >= 4 is 17.5 Å². The van der Waals surface area contributed by atoms with Gasteiger partial charge < -0.3 is 10.6 Å². The second kappa shape index (κ2) is 8.70. The number of para-hydroxylation sites is 1. The lowest BCUT2D eigenvalue weighted by molar-refractivity contribution is 0.0949. The van der Waals surface area contributed by atoms with Gasteiger partial charge in [0.2, 0.25) is 5.95 Å². The number of aryl methyl sites for hydroxylation is 1. The number of allylic oxidation sites excluding steroid dienone is 1.